The summed E-state index contributed by atoms with van der Waals surface area (Å²) in [4.78, 5) is 34.5. The number of rotatable bonds is 8. The number of ether oxygens (including phenoxy) is 2. The van der Waals surface area contributed by atoms with Crippen molar-refractivity contribution < 1.29 is 48.3 Å². The van der Waals surface area contributed by atoms with Crippen molar-refractivity contribution in [3.05, 3.63) is 21.6 Å². The van der Waals surface area contributed by atoms with Crippen LogP contribution in [0.5, 0.6) is 0 Å². The zero-order valence-corrected chi connectivity index (χ0v) is 16.1. The van der Waals surface area contributed by atoms with Crippen LogP contribution in [0.1, 0.15) is 25.5 Å². The van der Waals surface area contributed by atoms with Gasteiger partial charge in [0.2, 0.25) is 16.9 Å². The Morgan fingerprint density at radius 1 is 1.41 bits per heavy atom. The highest BCUT2D eigenvalue weighted by molar-refractivity contribution is 6.29. The summed E-state index contributed by atoms with van der Waals surface area (Å²) in [6.45, 7) is -0.0604. The van der Waals surface area contributed by atoms with Crippen molar-refractivity contribution in [1.29, 1.82) is 0 Å². The van der Waals surface area contributed by atoms with Gasteiger partial charge in [0.1, 0.15) is 0 Å². The largest absolute Gasteiger partial charge is 0.520 e. The van der Waals surface area contributed by atoms with Crippen molar-refractivity contribution in [1.82, 2.24) is 5.32 Å². The van der Waals surface area contributed by atoms with Crippen molar-refractivity contribution in [3.63, 3.8) is 0 Å². The minimum absolute atomic E-state index is 0.0553. The first-order chi connectivity index (χ1) is 13.6. The maximum absolute atomic E-state index is 12.3. The zero-order chi connectivity index (χ0) is 21.8. The van der Waals surface area contributed by atoms with E-state index in [4.69, 9.17) is 26.2 Å². The minimum atomic E-state index is -2.59. The Balaban J connectivity index is 2.11. The van der Waals surface area contributed by atoms with Crippen LogP contribution in [0, 0.1) is 5.92 Å². The van der Waals surface area contributed by atoms with E-state index in [2.05, 4.69) is 14.2 Å². The molecule has 0 saturated carbocycles. The number of halogens is 1. The highest BCUT2D eigenvalue weighted by atomic mass is 35.5. The smallest absolute Gasteiger partial charge is 0.453 e. The first kappa shape index (κ1) is 23.3. The molecule has 1 saturated heterocycles. The SMILES string of the molecule is CC(=O)NCC1C(O)CC(O)(C(=O)OCc2oc(=O)oc2Cl)OC1C[C@H](O)CO. The van der Waals surface area contributed by atoms with E-state index in [9.17, 15) is 29.7 Å². The molecular formula is C16H22ClNO11. The summed E-state index contributed by atoms with van der Waals surface area (Å²) in [7, 11) is 0. The monoisotopic (exact) mass is 439 g/mol. The molecule has 13 heteroatoms. The number of carbonyl (C=O) groups is 2. The molecule has 1 aliphatic rings. The fraction of sp³-hybridized carbons (Fsp3) is 0.688. The molecule has 0 aliphatic carbocycles. The molecule has 2 heterocycles. The van der Waals surface area contributed by atoms with Crippen LogP contribution < -0.4 is 11.1 Å². The van der Waals surface area contributed by atoms with Crippen molar-refractivity contribution >= 4 is 23.5 Å². The number of hydrogen-bond donors (Lipinski definition) is 5. The van der Waals surface area contributed by atoms with E-state index in [0.29, 0.717) is 0 Å². The third-order valence-electron chi connectivity index (χ3n) is 4.36. The van der Waals surface area contributed by atoms with Crippen LogP contribution in [0.4, 0.5) is 0 Å². The second-order valence-corrected chi connectivity index (χ2v) is 6.96. The Bertz CT molecular complexity index is 777. The fourth-order valence-corrected chi connectivity index (χ4v) is 3.07. The average molecular weight is 440 g/mol. The number of amides is 1. The molecule has 0 bridgehead atoms. The van der Waals surface area contributed by atoms with Crippen LogP contribution in [-0.4, -0.2) is 69.6 Å². The molecule has 0 spiro atoms. The lowest BCUT2D eigenvalue weighted by atomic mass is 9.84. The van der Waals surface area contributed by atoms with Gasteiger partial charge in [-0.2, -0.15) is 0 Å². The molecule has 0 aromatic carbocycles. The highest BCUT2D eigenvalue weighted by Crippen LogP contribution is 2.34. The van der Waals surface area contributed by atoms with Gasteiger partial charge in [0.15, 0.2) is 6.61 Å². The van der Waals surface area contributed by atoms with E-state index < -0.39 is 66.7 Å². The van der Waals surface area contributed by atoms with Gasteiger partial charge < -0.3 is 44.1 Å². The van der Waals surface area contributed by atoms with Gasteiger partial charge in [0.05, 0.1) is 24.9 Å². The van der Waals surface area contributed by atoms with Crippen LogP contribution in [0.15, 0.2) is 13.6 Å². The predicted octanol–water partition coefficient (Wildman–Crippen LogP) is -1.74. The summed E-state index contributed by atoms with van der Waals surface area (Å²) < 4.78 is 19.2. The molecule has 1 aromatic heterocycles. The molecule has 29 heavy (non-hydrogen) atoms. The molecular weight excluding hydrogens is 418 g/mol. The third kappa shape index (κ3) is 6.01. The molecule has 0 radical (unpaired) electrons. The summed E-state index contributed by atoms with van der Waals surface area (Å²) in [5.74, 6) is -6.46. The summed E-state index contributed by atoms with van der Waals surface area (Å²) >= 11 is 5.58. The van der Waals surface area contributed by atoms with Crippen molar-refractivity contribution in [2.75, 3.05) is 13.2 Å². The number of esters is 1. The molecule has 164 valence electrons. The Hall–Kier alpha value is -1.96. The number of hydrogen-bond acceptors (Lipinski definition) is 11. The van der Waals surface area contributed by atoms with Gasteiger partial charge >= 0.3 is 11.8 Å². The molecule has 5 N–H and O–H groups in total. The fourth-order valence-electron chi connectivity index (χ4n) is 2.92. The molecule has 1 fully saturated rings. The van der Waals surface area contributed by atoms with Gasteiger partial charge in [-0.05, 0) is 11.6 Å². The summed E-state index contributed by atoms with van der Waals surface area (Å²) in [5, 5.41) is 41.8. The number of aliphatic hydroxyl groups is 4. The van der Waals surface area contributed by atoms with E-state index in [0.717, 1.165) is 0 Å². The normalized spacial score (nSPS) is 28.0. The summed E-state index contributed by atoms with van der Waals surface area (Å²) in [6, 6.07) is 0. The minimum Gasteiger partial charge on any atom is -0.453 e. The van der Waals surface area contributed by atoms with Gasteiger partial charge in [0, 0.05) is 32.2 Å². The lowest BCUT2D eigenvalue weighted by Crippen LogP contribution is -2.59. The Morgan fingerprint density at radius 2 is 2.10 bits per heavy atom. The average Bonchev–Trinajstić information content (AvgIpc) is 2.95. The molecule has 1 amide bonds. The van der Waals surface area contributed by atoms with Gasteiger partial charge in [-0.3, -0.25) is 4.79 Å². The Labute approximate surface area is 169 Å². The van der Waals surface area contributed by atoms with Crippen LogP contribution in [-0.2, 0) is 25.7 Å². The van der Waals surface area contributed by atoms with E-state index in [1.165, 1.54) is 6.92 Å². The van der Waals surface area contributed by atoms with Gasteiger partial charge in [-0.25, -0.2) is 9.59 Å². The van der Waals surface area contributed by atoms with Crippen LogP contribution in [0.2, 0.25) is 5.22 Å². The number of carbonyl (C=O) groups excluding carboxylic acids is 2. The predicted molar refractivity (Wildman–Crippen MR) is 92.4 cm³/mol. The van der Waals surface area contributed by atoms with Gasteiger partial charge in [0.25, 0.3) is 5.79 Å². The van der Waals surface area contributed by atoms with Gasteiger partial charge in [-0.15, -0.1) is 0 Å². The molecule has 4 unspecified atom stereocenters. The maximum atomic E-state index is 12.3. The van der Waals surface area contributed by atoms with E-state index in [1.54, 1.807) is 0 Å². The second-order valence-electron chi connectivity index (χ2n) is 6.61. The van der Waals surface area contributed by atoms with E-state index >= 15 is 0 Å². The first-order valence-electron chi connectivity index (χ1n) is 8.63. The van der Waals surface area contributed by atoms with Crippen LogP contribution >= 0.6 is 11.6 Å². The molecule has 1 aromatic rings. The standard InChI is InChI=1S/C16H22ClNO11/c1-7(20)18-4-9-10(22)3-16(25,29-11(9)2-8(21)5-19)14(23)26-6-12-13(17)28-15(24)27-12/h8-11,19,21-22,25H,2-6H2,1H3,(H,18,20)/t8-,9?,10?,11?,16?/m0/s1. The van der Waals surface area contributed by atoms with E-state index in [-0.39, 0.29) is 24.6 Å². The van der Waals surface area contributed by atoms with Crippen molar-refractivity contribution in [3.8, 4) is 0 Å². The highest BCUT2D eigenvalue weighted by Gasteiger charge is 2.51. The lowest BCUT2D eigenvalue weighted by molar-refractivity contribution is -0.291. The zero-order valence-electron chi connectivity index (χ0n) is 15.4. The van der Waals surface area contributed by atoms with Gasteiger partial charge in [-0.1, -0.05) is 0 Å². The quantitative estimate of drug-likeness (QED) is 0.289. The summed E-state index contributed by atoms with van der Waals surface area (Å²) in [5.41, 5.74) is 0. The molecule has 2 rings (SSSR count). The summed E-state index contributed by atoms with van der Waals surface area (Å²) in [6.07, 6.45) is -4.52. The van der Waals surface area contributed by atoms with Crippen LogP contribution in [0.3, 0.4) is 0 Å². The molecule has 12 nitrogen and oxygen atoms in total. The first-order valence-corrected chi connectivity index (χ1v) is 9.00. The number of nitrogens with one attached hydrogen (secondary N) is 1. The topological polar surface area (TPSA) is 189 Å². The molecule has 1 aliphatic heterocycles. The lowest BCUT2D eigenvalue weighted by Gasteiger charge is -2.43. The van der Waals surface area contributed by atoms with Crippen LogP contribution in [0.25, 0.3) is 0 Å². The van der Waals surface area contributed by atoms with Crippen molar-refractivity contribution in [2.45, 2.75) is 50.5 Å². The maximum Gasteiger partial charge on any atom is 0.520 e. The molecule has 5 atom stereocenters. The van der Waals surface area contributed by atoms with Crippen molar-refractivity contribution in [2.24, 2.45) is 5.92 Å². The number of aliphatic hydroxyl groups excluding tert-OH is 3. The second kappa shape index (κ2) is 9.69. The Kier molecular flexibility index (Phi) is 7.80. The van der Waals surface area contributed by atoms with E-state index in [1.807, 2.05) is 0 Å². The third-order valence-corrected chi connectivity index (χ3v) is 4.65. The Morgan fingerprint density at radius 3 is 2.66 bits per heavy atom.